The van der Waals surface area contributed by atoms with E-state index in [2.05, 4.69) is 58.5 Å². The summed E-state index contributed by atoms with van der Waals surface area (Å²) in [6.45, 7) is 8.30. The van der Waals surface area contributed by atoms with Gasteiger partial charge in [0, 0.05) is 71.8 Å². The van der Waals surface area contributed by atoms with E-state index in [1.54, 1.807) is 6.92 Å². The topological polar surface area (TPSA) is 475 Å². The average Bonchev–Trinajstić information content (AvgIpc) is 3.44. The zero-order valence-corrected chi connectivity index (χ0v) is 49.7. The lowest BCUT2D eigenvalue weighted by atomic mass is 10.1. The van der Waals surface area contributed by atoms with Gasteiger partial charge in [-0.3, -0.25) is 67.1 Å². The number of hydrogen-bond donors (Lipinski definition) is 15. The molecule has 0 bridgehead atoms. The molecule has 0 fully saturated rings. The van der Waals surface area contributed by atoms with E-state index in [1.807, 2.05) is 0 Å². The van der Waals surface area contributed by atoms with Crippen LogP contribution in [0.2, 0.25) is 0 Å². The van der Waals surface area contributed by atoms with E-state index in [9.17, 15) is 67.1 Å². The molecule has 7 unspecified atom stereocenters. The average molecular weight is 1200 g/mol. The largest absolute Gasteiger partial charge is 0.368 e. The van der Waals surface area contributed by atoms with Crippen molar-refractivity contribution in [1.29, 1.82) is 0 Å². The molecule has 14 amide bonds. The van der Waals surface area contributed by atoms with Crippen LogP contribution in [0, 0.1) is 0 Å². The summed E-state index contributed by atoms with van der Waals surface area (Å²) in [6.07, 6.45) is 5.83. The van der Waals surface area contributed by atoms with Crippen LogP contribution in [0.4, 0.5) is 0 Å². The number of rotatable bonds is 47. The Kier molecular flexibility index (Phi) is 41.1. The summed E-state index contributed by atoms with van der Waals surface area (Å²) in [5.41, 5.74) is 22.4. The van der Waals surface area contributed by atoms with Crippen molar-refractivity contribution in [3.63, 3.8) is 0 Å². The molecule has 0 aliphatic rings. The molecule has 0 spiro atoms. The Morgan fingerprint density at radius 2 is 0.634 bits per heavy atom. The molecular weight excluding hydrogens is 1110 g/mol. The highest BCUT2D eigenvalue weighted by Crippen LogP contribution is 2.11. The second kappa shape index (κ2) is 44.8. The highest BCUT2D eigenvalue weighted by atomic mass is 32.2. The van der Waals surface area contributed by atoms with Gasteiger partial charge in [0.15, 0.2) is 0 Å². The molecule has 0 aliphatic heterocycles. The Morgan fingerprint density at radius 1 is 0.341 bits per heavy atom. The predicted octanol–water partition coefficient (Wildman–Crippen LogP) is -3.93. The molecule has 19 N–H and O–H groups in total. The summed E-state index contributed by atoms with van der Waals surface area (Å²) >= 11 is 2.03. The molecule has 0 aromatic heterocycles. The van der Waals surface area contributed by atoms with Gasteiger partial charge in [-0.25, -0.2) is 0 Å². The second-order valence-electron chi connectivity index (χ2n) is 19.4. The lowest BCUT2D eigenvalue weighted by Crippen LogP contribution is -2.57. The lowest BCUT2D eigenvalue weighted by molar-refractivity contribution is -0.132. The summed E-state index contributed by atoms with van der Waals surface area (Å²) in [7, 11) is 0. The first-order valence-corrected chi connectivity index (χ1v) is 29.9. The minimum absolute atomic E-state index is 0.0778. The third kappa shape index (κ3) is 38.0. The van der Waals surface area contributed by atoms with Crippen LogP contribution in [-0.2, 0) is 67.1 Å². The maximum Gasteiger partial charge on any atom is 0.244 e. The lowest BCUT2D eigenvalue weighted by Gasteiger charge is -2.24. The van der Waals surface area contributed by atoms with Crippen molar-refractivity contribution in [1.82, 2.24) is 58.5 Å². The molecule has 0 radical (unpaired) electrons. The molecule has 0 aliphatic carbocycles. The number of unbranched alkanes of at least 4 members (excludes halogenated alkanes) is 5. The van der Waals surface area contributed by atoms with Crippen LogP contribution >= 0.6 is 23.5 Å². The van der Waals surface area contributed by atoms with E-state index in [-0.39, 0.29) is 86.6 Å². The van der Waals surface area contributed by atoms with Gasteiger partial charge < -0.3 is 81.4 Å². The van der Waals surface area contributed by atoms with E-state index in [1.165, 1.54) is 27.7 Å². The van der Waals surface area contributed by atoms with E-state index in [0.717, 1.165) is 23.5 Å². The number of thioether (sulfide) groups is 2. The van der Waals surface area contributed by atoms with Crippen LogP contribution in [0.15, 0.2) is 0 Å². The summed E-state index contributed by atoms with van der Waals surface area (Å²) in [5.74, 6) is -8.15. The number of nitrogens with one attached hydrogen (secondary N) is 11. The van der Waals surface area contributed by atoms with Gasteiger partial charge in [-0.2, -0.15) is 0 Å². The molecular formula is C51H91N15O14S2. The van der Waals surface area contributed by atoms with Gasteiger partial charge in [-0.1, -0.05) is 6.92 Å². The number of nitrogens with two attached hydrogens (primary N) is 4. The van der Waals surface area contributed by atoms with Crippen molar-refractivity contribution >= 4 is 106 Å². The number of carbonyl (C=O) groups is 14. The van der Waals surface area contributed by atoms with E-state index in [0.29, 0.717) is 83.7 Å². The van der Waals surface area contributed by atoms with Gasteiger partial charge in [0.25, 0.3) is 0 Å². The number of amides is 14. The van der Waals surface area contributed by atoms with Crippen molar-refractivity contribution in [2.24, 2.45) is 22.9 Å². The maximum atomic E-state index is 13.6. The van der Waals surface area contributed by atoms with Crippen LogP contribution in [-0.4, -0.2) is 181 Å². The Hall–Kier alpha value is -6.76. The van der Waals surface area contributed by atoms with Gasteiger partial charge in [-0.05, 0) is 103 Å². The van der Waals surface area contributed by atoms with Crippen molar-refractivity contribution in [2.75, 3.05) is 55.7 Å². The molecule has 0 rings (SSSR count). The van der Waals surface area contributed by atoms with Crippen LogP contribution in [0.3, 0.4) is 0 Å². The maximum absolute atomic E-state index is 13.6. The zero-order valence-electron chi connectivity index (χ0n) is 48.1. The molecule has 0 saturated carbocycles. The third-order valence-electron chi connectivity index (χ3n) is 12.0. The number of carbonyl (C=O) groups excluding carboxylic acids is 14. The van der Waals surface area contributed by atoms with Crippen LogP contribution < -0.4 is 81.4 Å². The van der Waals surface area contributed by atoms with Gasteiger partial charge in [0.2, 0.25) is 82.7 Å². The van der Waals surface area contributed by atoms with Crippen molar-refractivity contribution in [2.45, 2.75) is 180 Å². The van der Waals surface area contributed by atoms with E-state index >= 15 is 0 Å². The first-order chi connectivity index (χ1) is 38.8. The fraction of sp³-hybridized carbons (Fsp3) is 0.725. The minimum atomic E-state index is -1.26. The Morgan fingerprint density at radius 3 is 0.988 bits per heavy atom. The first-order valence-electron chi connectivity index (χ1n) is 27.6. The van der Waals surface area contributed by atoms with Gasteiger partial charge >= 0.3 is 0 Å². The van der Waals surface area contributed by atoms with E-state index in [4.69, 9.17) is 22.9 Å². The molecule has 0 heterocycles. The van der Waals surface area contributed by atoms with E-state index < -0.39 is 113 Å². The number of hydrogen-bond acceptors (Lipinski definition) is 17. The predicted molar refractivity (Wildman–Crippen MR) is 309 cm³/mol. The van der Waals surface area contributed by atoms with Crippen LogP contribution in [0.1, 0.15) is 137 Å². The Balaban J connectivity index is 5.20. The Bertz CT molecular complexity index is 2110. The van der Waals surface area contributed by atoms with Crippen LogP contribution in [0.25, 0.3) is 0 Å². The third-order valence-corrected chi connectivity index (χ3v) is 14.1. The van der Waals surface area contributed by atoms with Crippen molar-refractivity contribution < 1.29 is 67.1 Å². The molecule has 0 aromatic carbocycles. The molecule has 0 saturated heterocycles. The standard InChI is InChI=1S/C51H91N15O14S2/c1-6-42(71)57-24-16-11-21-38(61-33(4)69)49(78)64-36(46(54)75)17-8-14-25-58-43(72)29-81-27-40(47(55)76)66-50(79)39(19-7-12-22-52)65-51(80)41(62-34(5)70)28-82-30-44(73)59-26-15-9-18-35(45(53)74)63-48(77)37(60-32(3)68)20-10-13-23-56-31(2)67/h35-41H,6-30,52H2,1-5H3,(H2,53,74)(H2,54,75)(H2,55,76)(H,56,67)(H,57,71)(H,58,72)(H,59,73)(H,60,68)(H,61,69)(H,62,70)(H,63,77)(H,64,78)(H,65,80)(H,66,79). The minimum Gasteiger partial charge on any atom is -0.368 e. The highest BCUT2D eigenvalue weighted by Gasteiger charge is 2.30. The zero-order chi connectivity index (χ0) is 62.0. The summed E-state index contributed by atoms with van der Waals surface area (Å²) in [4.78, 5) is 174. The first kappa shape index (κ1) is 75.2. The fourth-order valence-electron chi connectivity index (χ4n) is 7.68. The molecule has 466 valence electrons. The highest BCUT2D eigenvalue weighted by molar-refractivity contribution is 8.00. The van der Waals surface area contributed by atoms with Crippen molar-refractivity contribution in [3.05, 3.63) is 0 Å². The summed E-state index contributed by atoms with van der Waals surface area (Å²) < 4.78 is 0. The molecule has 7 atom stereocenters. The summed E-state index contributed by atoms with van der Waals surface area (Å²) in [6, 6.07) is -7.59. The monoisotopic (exact) mass is 1200 g/mol. The molecule has 82 heavy (non-hydrogen) atoms. The molecule has 31 heteroatoms. The van der Waals surface area contributed by atoms with Crippen LogP contribution in [0.5, 0.6) is 0 Å². The normalized spacial score (nSPS) is 13.3. The smallest absolute Gasteiger partial charge is 0.244 e. The van der Waals surface area contributed by atoms with Crippen molar-refractivity contribution in [3.8, 4) is 0 Å². The SMILES string of the molecule is CCC(=O)NCCCCC(NC(C)=O)C(=O)NC(CCCCNC(=O)CSCC(NC(=O)C(CCCCN)NC(=O)C(CSCC(=O)NCCCCC(NC(=O)C(CCCCNC(C)=O)NC(C)=O)C(N)=O)NC(C)=O)C(N)=O)C(N)=O. The second-order valence-corrected chi connectivity index (χ2v) is 21.5. The molecule has 29 nitrogen and oxygen atoms in total. The van der Waals surface area contributed by atoms with Gasteiger partial charge in [0.05, 0.1) is 11.5 Å². The van der Waals surface area contributed by atoms with Gasteiger partial charge in [0.1, 0.15) is 42.3 Å². The van der Waals surface area contributed by atoms with Gasteiger partial charge in [-0.15, -0.1) is 23.5 Å². The molecule has 0 aromatic rings. The Labute approximate surface area is 488 Å². The number of primary amides is 3. The summed E-state index contributed by atoms with van der Waals surface area (Å²) in [5, 5.41) is 28.8. The fourth-order valence-corrected chi connectivity index (χ4v) is 9.45. The quantitative estimate of drug-likeness (QED) is 0.0259.